The van der Waals surface area contributed by atoms with E-state index in [0.29, 0.717) is 12.8 Å². The molecule has 80 valence electrons. The SMILES string of the molecule is CCOC(=O)[C@]1(C(=O)O)C[C@@]1(C)CC. The van der Waals surface area contributed by atoms with Gasteiger partial charge in [0.2, 0.25) is 0 Å². The van der Waals surface area contributed by atoms with Gasteiger partial charge in [0.05, 0.1) is 6.61 Å². The van der Waals surface area contributed by atoms with E-state index in [9.17, 15) is 9.59 Å². The number of carboxylic acids is 1. The van der Waals surface area contributed by atoms with Crippen molar-refractivity contribution >= 4 is 11.9 Å². The number of carboxylic acid groups (broad SMARTS) is 1. The van der Waals surface area contributed by atoms with Gasteiger partial charge in [0.15, 0.2) is 5.41 Å². The maximum absolute atomic E-state index is 11.5. The summed E-state index contributed by atoms with van der Waals surface area (Å²) in [6, 6.07) is 0. The molecule has 0 aromatic carbocycles. The van der Waals surface area contributed by atoms with Crippen LogP contribution in [0.4, 0.5) is 0 Å². The molecule has 0 aliphatic heterocycles. The molecule has 0 amide bonds. The number of carbonyl (C=O) groups excluding carboxylic acids is 1. The molecule has 1 saturated carbocycles. The molecule has 0 saturated heterocycles. The molecule has 4 nitrogen and oxygen atoms in total. The van der Waals surface area contributed by atoms with E-state index in [1.807, 2.05) is 13.8 Å². The predicted molar refractivity (Wildman–Crippen MR) is 49.7 cm³/mol. The first-order valence-corrected chi connectivity index (χ1v) is 4.85. The summed E-state index contributed by atoms with van der Waals surface area (Å²) in [6.45, 7) is 5.62. The van der Waals surface area contributed by atoms with Gasteiger partial charge in [-0.3, -0.25) is 9.59 Å². The first-order chi connectivity index (χ1) is 6.44. The molecule has 14 heavy (non-hydrogen) atoms. The fourth-order valence-electron chi connectivity index (χ4n) is 1.96. The maximum atomic E-state index is 11.5. The first-order valence-electron chi connectivity index (χ1n) is 4.85. The molecular weight excluding hydrogens is 184 g/mol. The zero-order valence-corrected chi connectivity index (χ0v) is 8.79. The van der Waals surface area contributed by atoms with Gasteiger partial charge < -0.3 is 9.84 Å². The maximum Gasteiger partial charge on any atom is 0.324 e. The highest BCUT2D eigenvalue weighted by atomic mass is 16.5. The molecule has 0 aromatic heterocycles. The lowest BCUT2D eigenvalue weighted by Gasteiger charge is -2.15. The van der Waals surface area contributed by atoms with E-state index < -0.39 is 22.8 Å². The van der Waals surface area contributed by atoms with E-state index in [4.69, 9.17) is 9.84 Å². The number of rotatable bonds is 4. The van der Waals surface area contributed by atoms with Crippen LogP contribution in [0.5, 0.6) is 0 Å². The lowest BCUT2D eigenvalue weighted by molar-refractivity contribution is -0.163. The molecular formula is C10H16O4. The Kier molecular flexibility index (Phi) is 2.56. The van der Waals surface area contributed by atoms with Gasteiger partial charge in [0.1, 0.15) is 0 Å². The number of esters is 1. The Morgan fingerprint density at radius 1 is 1.43 bits per heavy atom. The third-order valence-electron chi connectivity index (χ3n) is 3.33. The van der Waals surface area contributed by atoms with Crippen LogP contribution in [0.25, 0.3) is 0 Å². The van der Waals surface area contributed by atoms with Crippen LogP contribution in [-0.4, -0.2) is 23.7 Å². The normalized spacial score (nSPS) is 35.1. The molecule has 0 aromatic rings. The lowest BCUT2D eigenvalue weighted by atomic mass is 9.92. The van der Waals surface area contributed by atoms with Crippen molar-refractivity contribution in [2.75, 3.05) is 6.61 Å². The lowest BCUT2D eigenvalue weighted by Crippen LogP contribution is -2.32. The van der Waals surface area contributed by atoms with Crippen LogP contribution >= 0.6 is 0 Å². The van der Waals surface area contributed by atoms with Gasteiger partial charge in [0.25, 0.3) is 0 Å². The topological polar surface area (TPSA) is 63.6 Å². The quantitative estimate of drug-likeness (QED) is 0.551. The summed E-state index contributed by atoms with van der Waals surface area (Å²) >= 11 is 0. The minimum atomic E-state index is -1.28. The van der Waals surface area contributed by atoms with Crippen molar-refractivity contribution in [2.45, 2.75) is 33.6 Å². The van der Waals surface area contributed by atoms with Crippen LogP contribution in [-0.2, 0) is 14.3 Å². The second-order valence-electron chi connectivity index (χ2n) is 4.02. The smallest absolute Gasteiger partial charge is 0.324 e. The van der Waals surface area contributed by atoms with Gasteiger partial charge in [0, 0.05) is 0 Å². The van der Waals surface area contributed by atoms with Gasteiger partial charge in [-0.05, 0) is 25.2 Å². The van der Waals surface area contributed by atoms with Crippen molar-refractivity contribution in [3.8, 4) is 0 Å². The predicted octanol–water partition coefficient (Wildman–Crippen LogP) is 1.44. The Balaban J connectivity index is 2.89. The van der Waals surface area contributed by atoms with Crippen molar-refractivity contribution in [1.82, 2.24) is 0 Å². The molecule has 0 spiro atoms. The van der Waals surface area contributed by atoms with E-state index in [-0.39, 0.29) is 6.61 Å². The van der Waals surface area contributed by atoms with Crippen LogP contribution in [0, 0.1) is 10.8 Å². The fraction of sp³-hybridized carbons (Fsp3) is 0.800. The third-order valence-corrected chi connectivity index (χ3v) is 3.33. The second kappa shape index (κ2) is 3.26. The molecule has 0 heterocycles. The largest absolute Gasteiger partial charge is 0.480 e. The van der Waals surface area contributed by atoms with Crippen LogP contribution < -0.4 is 0 Å². The van der Waals surface area contributed by atoms with Gasteiger partial charge in [-0.15, -0.1) is 0 Å². The summed E-state index contributed by atoms with van der Waals surface area (Å²) in [5.74, 6) is -1.64. The van der Waals surface area contributed by atoms with Crippen molar-refractivity contribution in [2.24, 2.45) is 10.8 Å². The van der Waals surface area contributed by atoms with E-state index in [1.54, 1.807) is 6.92 Å². The van der Waals surface area contributed by atoms with Crippen LogP contribution in [0.15, 0.2) is 0 Å². The van der Waals surface area contributed by atoms with Gasteiger partial charge >= 0.3 is 11.9 Å². The molecule has 4 heteroatoms. The zero-order valence-electron chi connectivity index (χ0n) is 8.79. The summed E-state index contributed by atoms with van der Waals surface area (Å²) in [6.07, 6.45) is 1.07. The van der Waals surface area contributed by atoms with Crippen molar-refractivity contribution < 1.29 is 19.4 Å². The fourth-order valence-corrected chi connectivity index (χ4v) is 1.96. The molecule has 1 N–H and O–H groups in total. The zero-order chi connectivity index (χ0) is 11.0. The second-order valence-corrected chi connectivity index (χ2v) is 4.02. The third kappa shape index (κ3) is 1.21. The number of hydrogen-bond acceptors (Lipinski definition) is 3. The van der Waals surface area contributed by atoms with Gasteiger partial charge in [-0.25, -0.2) is 0 Å². The van der Waals surface area contributed by atoms with E-state index in [1.165, 1.54) is 0 Å². The monoisotopic (exact) mass is 200 g/mol. The van der Waals surface area contributed by atoms with E-state index in [0.717, 1.165) is 0 Å². The summed E-state index contributed by atoms with van der Waals surface area (Å²) in [7, 11) is 0. The average Bonchev–Trinajstić information content (AvgIpc) is 2.75. The number of hydrogen-bond donors (Lipinski definition) is 1. The summed E-state index contributed by atoms with van der Waals surface area (Å²) < 4.78 is 4.81. The van der Waals surface area contributed by atoms with Crippen LogP contribution in [0.1, 0.15) is 33.6 Å². The molecule has 1 fully saturated rings. The Hall–Kier alpha value is -1.06. The highest BCUT2D eigenvalue weighted by Crippen LogP contribution is 2.66. The Morgan fingerprint density at radius 2 is 2.00 bits per heavy atom. The van der Waals surface area contributed by atoms with E-state index in [2.05, 4.69) is 0 Å². The summed E-state index contributed by atoms with van der Waals surface area (Å²) in [4.78, 5) is 22.6. The van der Waals surface area contributed by atoms with Crippen molar-refractivity contribution in [3.63, 3.8) is 0 Å². The number of aliphatic carboxylic acids is 1. The highest BCUT2D eigenvalue weighted by molar-refractivity contribution is 6.04. The Labute approximate surface area is 83.2 Å². The first kappa shape index (κ1) is 11.0. The Morgan fingerprint density at radius 3 is 2.29 bits per heavy atom. The highest BCUT2D eigenvalue weighted by Gasteiger charge is 2.74. The summed E-state index contributed by atoms with van der Waals surface area (Å²) in [5.41, 5.74) is -1.71. The molecule has 1 rings (SSSR count). The van der Waals surface area contributed by atoms with Gasteiger partial charge in [-0.2, -0.15) is 0 Å². The molecule has 2 atom stereocenters. The number of ether oxygens (including phenoxy) is 1. The van der Waals surface area contributed by atoms with Crippen molar-refractivity contribution in [3.05, 3.63) is 0 Å². The van der Waals surface area contributed by atoms with Gasteiger partial charge in [-0.1, -0.05) is 13.8 Å². The average molecular weight is 200 g/mol. The van der Waals surface area contributed by atoms with Crippen LogP contribution in [0.3, 0.4) is 0 Å². The molecule has 0 bridgehead atoms. The van der Waals surface area contributed by atoms with E-state index >= 15 is 0 Å². The standard InChI is InChI=1S/C10H16O4/c1-4-9(3)6-10(9,7(11)12)8(13)14-5-2/h4-6H2,1-3H3,(H,11,12)/t9-,10-/m1/s1. The summed E-state index contributed by atoms with van der Waals surface area (Å²) in [5, 5.41) is 9.07. The van der Waals surface area contributed by atoms with Crippen LogP contribution in [0.2, 0.25) is 0 Å². The molecule has 1 aliphatic rings. The molecule has 1 aliphatic carbocycles. The molecule has 0 radical (unpaired) electrons. The Bertz CT molecular complexity index is 273. The van der Waals surface area contributed by atoms with Crippen molar-refractivity contribution in [1.29, 1.82) is 0 Å². The minimum Gasteiger partial charge on any atom is -0.480 e. The molecule has 0 unspecified atom stereocenters. The number of carbonyl (C=O) groups is 2. The minimum absolute atomic E-state index is 0.230.